The lowest BCUT2D eigenvalue weighted by Gasteiger charge is -2.30. The molecule has 130 valence electrons. The Kier molecular flexibility index (Phi) is 8.96. The molecule has 10 heteroatoms. The van der Waals surface area contributed by atoms with E-state index in [4.69, 9.17) is 23.2 Å². The minimum atomic E-state index is -0.776. The van der Waals surface area contributed by atoms with Gasteiger partial charge in [0.2, 0.25) is 0 Å². The Hall–Kier alpha value is -2.07. The second-order valence-corrected chi connectivity index (χ2v) is 4.94. The molecule has 0 aliphatic heterocycles. The summed E-state index contributed by atoms with van der Waals surface area (Å²) in [6.07, 6.45) is 1.00. The van der Waals surface area contributed by atoms with E-state index in [1.807, 2.05) is 30.3 Å². The number of amides is 4. The molecule has 0 aliphatic carbocycles. The average Bonchev–Trinajstić information content (AvgIpc) is 2.50. The molecule has 0 fully saturated rings. The third-order valence-corrected chi connectivity index (χ3v) is 3.34. The highest BCUT2D eigenvalue weighted by molar-refractivity contribution is 5.85. The molecule has 8 N–H and O–H groups in total. The molecule has 1 atom stereocenters. The second kappa shape index (κ2) is 9.85. The molecule has 0 spiro atoms. The summed E-state index contributed by atoms with van der Waals surface area (Å²) < 4.78 is 0. The number of nitrogens with zero attached hydrogens (tertiary/aromatic N) is 3. The monoisotopic (exact) mass is 345 g/mol. The van der Waals surface area contributed by atoms with Gasteiger partial charge in [-0.15, -0.1) is 12.4 Å². The van der Waals surface area contributed by atoms with Crippen LogP contribution in [0.4, 0.5) is 9.59 Å². The molecule has 9 nitrogen and oxygen atoms in total. The van der Waals surface area contributed by atoms with Gasteiger partial charge < -0.3 is 11.5 Å². The minimum absolute atomic E-state index is 0. The maximum Gasteiger partial charge on any atom is 0.344 e. The predicted molar refractivity (Wildman–Crippen MR) is 89.6 cm³/mol. The predicted octanol–water partition coefficient (Wildman–Crippen LogP) is -0.235. The SMILES string of the molecule is CN(CC[C@H](Cc1ccccc1)N(N)C(N)=O)N(N)C(N)=O.Cl. The van der Waals surface area contributed by atoms with Crippen molar-refractivity contribution >= 4 is 24.5 Å². The Morgan fingerprint density at radius 3 is 2.13 bits per heavy atom. The highest BCUT2D eigenvalue weighted by Crippen LogP contribution is 2.10. The number of nitrogens with two attached hydrogens (primary N) is 4. The van der Waals surface area contributed by atoms with E-state index < -0.39 is 12.1 Å². The van der Waals surface area contributed by atoms with Gasteiger partial charge in [-0.05, 0) is 18.4 Å². The maximum atomic E-state index is 11.3. The number of benzene rings is 1. The fourth-order valence-corrected chi connectivity index (χ4v) is 2.02. The smallest absolute Gasteiger partial charge is 0.344 e. The van der Waals surface area contributed by atoms with Gasteiger partial charge in [0.1, 0.15) is 0 Å². The first kappa shape index (κ1) is 20.9. The molecule has 0 heterocycles. The van der Waals surface area contributed by atoms with E-state index in [0.717, 1.165) is 15.7 Å². The van der Waals surface area contributed by atoms with Gasteiger partial charge >= 0.3 is 12.1 Å². The van der Waals surface area contributed by atoms with E-state index in [9.17, 15) is 9.59 Å². The molecule has 0 aliphatic rings. The fourth-order valence-electron chi connectivity index (χ4n) is 2.02. The van der Waals surface area contributed by atoms with Crippen LogP contribution in [0.5, 0.6) is 0 Å². The first-order valence-electron chi connectivity index (χ1n) is 6.75. The molecular weight excluding hydrogens is 322 g/mol. The summed E-state index contributed by atoms with van der Waals surface area (Å²) in [5, 5.41) is 3.23. The van der Waals surface area contributed by atoms with Crippen LogP contribution in [0.1, 0.15) is 12.0 Å². The zero-order valence-corrected chi connectivity index (χ0v) is 13.8. The van der Waals surface area contributed by atoms with Crippen LogP contribution in [0, 0.1) is 0 Å². The van der Waals surface area contributed by atoms with E-state index in [-0.39, 0.29) is 18.4 Å². The summed E-state index contributed by atoms with van der Waals surface area (Å²) in [6.45, 7) is 0.373. The van der Waals surface area contributed by atoms with Gasteiger partial charge in [-0.2, -0.15) is 5.12 Å². The molecule has 0 saturated heterocycles. The van der Waals surface area contributed by atoms with Crippen molar-refractivity contribution in [2.24, 2.45) is 23.2 Å². The fraction of sp³-hybridized carbons (Fsp3) is 0.385. The zero-order valence-electron chi connectivity index (χ0n) is 13.0. The number of hydrazine groups is 3. The Morgan fingerprint density at radius 2 is 1.65 bits per heavy atom. The summed E-state index contributed by atoms with van der Waals surface area (Å²) in [6, 6.07) is 7.75. The molecule has 0 radical (unpaired) electrons. The Morgan fingerprint density at radius 1 is 1.09 bits per heavy atom. The lowest BCUT2D eigenvalue weighted by atomic mass is 10.0. The summed E-state index contributed by atoms with van der Waals surface area (Å²) in [5.74, 6) is 11.2. The van der Waals surface area contributed by atoms with Crippen LogP contribution in [0.2, 0.25) is 0 Å². The van der Waals surface area contributed by atoms with E-state index in [0.29, 0.717) is 19.4 Å². The average molecular weight is 346 g/mol. The molecule has 0 saturated carbocycles. The molecule has 1 rings (SSSR count). The molecular formula is C13H24ClN7O2. The number of primary amides is 2. The second-order valence-electron chi connectivity index (χ2n) is 4.94. The van der Waals surface area contributed by atoms with Crippen molar-refractivity contribution < 1.29 is 9.59 Å². The Balaban J connectivity index is 0.00000484. The van der Waals surface area contributed by atoms with Gasteiger partial charge in [0.25, 0.3) is 0 Å². The number of rotatable bonds is 7. The molecule has 4 amide bonds. The van der Waals surface area contributed by atoms with Gasteiger partial charge in [0, 0.05) is 13.6 Å². The number of carbonyl (C=O) groups excluding carboxylic acids is 2. The largest absolute Gasteiger partial charge is 0.350 e. The standard InChI is InChI=1S/C13H23N7O2.ClH/c1-18(20(17)13(15)22)8-7-11(19(16)12(14)21)9-10-5-3-2-4-6-10;/h2-6,11H,7-9,16-17H2,1H3,(H2,14,21)(H2,15,22);1H/t11-;/m1./s1. The van der Waals surface area contributed by atoms with Crippen LogP contribution in [0.25, 0.3) is 0 Å². The Labute approximate surface area is 141 Å². The summed E-state index contributed by atoms with van der Waals surface area (Å²) in [5.41, 5.74) is 11.3. The van der Waals surface area contributed by atoms with Crippen LogP contribution in [0.3, 0.4) is 0 Å². The number of urea groups is 2. The van der Waals surface area contributed by atoms with Crippen LogP contribution < -0.4 is 23.2 Å². The first-order valence-corrected chi connectivity index (χ1v) is 6.75. The molecule has 0 bridgehead atoms. The van der Waals surface area contributed by atoms with Crippen molar-refractivity contribution in [3.05, 3.63) is 35.9 Å². The third-order valence-electron chi connectivity index (χ3n) is 3.34. The van der Waals surface area contributed by atoms with Crippen LogP contribution in [0.15, 0.2) is 30.3 Å². The van der Waals surface area contributed by atoms with Gasteiger partial charge in [-0.25, -0.2) is 26.3 Å². The lowest BCUT2D eigenvalue weighted by molar-refractivity contribution is 0.0350. The zero-order chi connectivity index (χ0) is 16.7. The van der Waals surface area contributed by atoms with Crippen molar-refractivity contribution in [1.82, 2.24) is 15.1 Å². The van der Waals surface area contributed by atoms with Gasteiger partial charge in [-0.3, -0.25) is 5.01 Å². The van der Waals surface area contributed by atoms with Crippen molar-refractivity contribution in [2.75, 3.05) is 13.6 Å². The van der Waals surface area contributed by atoms with Crippen LogP contribution >= 0.6 is 12.4 Å². The first-order chi connectivity index (χ1) is 10.3. The van der Waals surface area contributed by atoms with Crippen molar-refractivity contribution in [2.45, 2.75) is 18.9 Å². The van der Waals surface area contributed by atoms with Crippen LogP contribution in [-0.2, 0) is 6.42 Å². The normalized spacial score (nSPS) is 11.5. The molecule has 0 aromatic heterocycles. The summed E-state index contributed by atoms with van der Waals surface area (Å²) in [7, 11) is 1.61. The van der Waals surface area contributed by atoms with E-state index >= 15 is 0 Å². The van der Waals surface area contributed by atoms with E-state index in [1.165, 1.54) is 5.01 Å². The number of carbonyl (C=O) groups is 2. The quantitative estimate of drug-likeness (QED) is 0.306. The highest BCUT2D eigenvalue weighted by Gasteiger charge is 2.21. The van der Waals surface area contributed by atoms with Gasteiger partial charge in [0.15, 0.2) is 0 Å². The third kappa shape index (κ3) is 6.70. The highest BCUT2D eigenvalue weighted by atomic mass is 35.5. The minimum Gasteiger partial charge on any atom is -0.350 e. The maximum absolute atomic E-state index is 11.3. The number of halogens is 1. The summed E-state index contributed by atoms with van der Waals surface area (Å²) >= 11 is 0. The van der Waals surface area contributed by atoms with E-state index in [2.05, 4.69) is 0 Å². The number of hydrogen-bond donors (Lipinski definition) is 4. The van der Waals surface area contributed by atoms with Crippen molar-refractivity contribution in [1.29, 1.82) is 0 Å². The molecule has 1 aromatic rings. The van der Waals surface area contributed by atoms with Gasteiger partial charge in [0.05, 0.1) is 6.04 Å². The summed E-state index contributed by atoms with van der Waals surface area (Å²) in [4.78, 5) is 22.3. The molecule has 0 unspecified atom stereocenters. The van der Waals surface area contributed by atoms with Gasteiger partial charge in [-0.1, -0.05) is 30.3 Å². The van der Waals surface area contributed by atoms with E-state index in [1.54, 1.807) is 7.05 Å². The molecule has 23 heavy (non-hydrogen) atoms. The topological polar surface area (TPSA) is 148 Å². The Bertz CT molecular complexity index is 502. The van der Waals surface area contributed by atoms with Crippen LogP contribution in [-0.4, -0.2) is 46.8 Å². The number of hydrogen-bond acceptors (Lipinski definition) is 5. The van der Waals surface area contributed by atoms with Crippen molar-refractivity contribution in [3.8, 4) is 0 Å². The molecule has 1 aromatic carbocycles. The van der Waals surface area contributed by atoms with Crippen molar-refractivity contribution in [3.63, 3.8) is 0 Å². The lowest BCUT2D eigenvalue weighted by Crippen LogP contribution is -2.54.